The summed E-state index contributed by atoms with van der Waals surface area (Å²) >= 11 is 0. The Morgan fingerprint density at radius 1 is 1.20 bits per heavy atom. The molecule has 2 amide bonds. The van der Waals surface area contributed by atoms with Crippen molar-refractivity contribution in [2.24, 2.45) is 0 Å². The number of carbonyl (C=O) groups is 2. The molecule has 1 aromatic carbocycles. The molecule has 0 fully saturated rings. The number of sulfonamides is 1. The second kappa shape index (κ2) is 8.65. The second-order valence-corrected chi connectivity index (χ2v) is 11.1. The molecule has 0 spiro atoms. The molecule has 11 heteroatoms. The second-order valence-electron chi connectivity index (χ2n) is 9.16. The van der Waals surface area contributed by atoms with Crippen molar-refractivity contribution in [1.82, 2.24) is 14.1 Å². The largest absolute Gasteiger partial charge is 0.468 e. The smallest absolute Gasteiger partial charge is 0.252 e. The molecule has 186 valence electrons. The van der Waals surface area contributed by atoms with Gasteiger partial charge < -0.3 is 9.73 Å². The minimum absolute atomic E-state index is 0.0438. The number of aromatic nitrogens is 2. The van der Waals surface area contributed by atoms with Crippen molar-refractivity contribution in [2.75, 3.05) is 17.3 Å². The molecule has 35 heavy (non-hydrogen) atoms. The van der Waals surface area contributed by atoms with Crippen molar-refractivity contribution in [3.8, 4) is 0 Å². The van der Waals surface area contributed by atoms with Crippen LogP contribution in [0.5, 0.6) is 0 Å². The van der Waals surface area contributed by atoms with Gasteiger partial charge in [0.25, 0.3) is 5.91 Å². The fourth-order valence-corrected chi connectivity index (χ4v) is 5.89. The van der Waals surface area contributed by atoms with Gasteiger partial charge in [-0.2, -0.15) is 9.40 Å². The topological polar surface area (TPSA) is 118 Å². The van der Waals surface area contributed by atoms with E-state index >= 15 is 0 Å². The van der Waals surface area contributed by atoms with E-state index in [2.05, 4.69) is 10.4 Å². The summed E-state index contributed by atoms with van der Waals surface area (Å²) in [5.74, 6) is -0.185. The van der Waals surface area contributed by atoms with Crippen molar-refractivity contribution in [2.45, 2.75) is 57.6 Å². The third-order valence-electron chi connectivity index (χ3n) is 6.34. The lowest BCUT2D eigenvalue weighted by molar-refractivity contribution is -0.128. The van der Waals surface area contributed by atoms with E-state index in [0.29, 0.717) is 22.8 Å². The van der Waals surface area contributed by atoms with Crippen LogP contribution in [0.15, 0.2) is 52.0 Å². The molecule has 0 bridgehead atoms. The molecule has 1 unspecified atom stereocenters. The Bertz CT molecular complexity index is 1390. The third-order valence-corrected chi connectivity index (χ3v) is 8.39. The predicted molar refractivity (Wildman–Crippen MR) is 130 cm³/mol. The zero-order valence-corrected chi connectivity index (χ0v) is 21.4. The minimum Gasteiger partial charge on any atom is -0.468 e. The van der Waals surface area contributed by atoms with Crippen molar-refractivity contribution >= 4 is 33.2 Å². The Hall–Kier alpha value is -3.44. The highest BCUT2D eigenvalue weighted by molar-refractivity contribution is 7.89. The number of hydrogen-bond acceptors (Lipinski definition) is 6. The first kappa shape index (κ1) is 24.7. The number of rotatable bonds is 6. The molecule has 1 N–H and O–H groups in total. The van der Waals surface area contributed by atoms with Gasteiger partial charge in [0, 0.05) is 7.05 Å². The molecule has 0 saturated heterocycles. The summed E-state index contributed by atoms with van der Waals surface area (Å²) < 4.78 is 34.7. The average Bonchev–Trinajstić information content (AvgIpc) is 3.40. The van der Waals surface area contributed by atoms with Gasteiger partial charge in [0.05, 0.1) is 35.6 Å². The van der Waals surface area contributed by atoms with E-state index < -0.39 is 21.6 Å². The van der Waals surface area contributed by atoms with Gasteiger partial charge in [-0.1, -0.05) is 12.1 Å². The van der Waals surface area contributed by atoms with E-state index in [-0.39, 0.29) is 28.9 Å². The van der Waals surface area contributed by atoms with E-state index in [9.17, 15) is 18.0 Å². The van der Waals surface area contributed by atoms with E-state index in [0.717, 1.165) is 0 Å². The fourth-order valence-electron chi connectivity index (χ4n) is 4.40. The maximum Gasteiger partial charge on any atom is 0.252 e. The number of fused-ring (bicyclic) bond motifs is 1. The Balaban J connectivity index is 1.71. The maximum absolute atomic E-state index is 13.8. The summed E-state index contributed by atoms with van der Waals surface area (Å²) in [5, 5.41) is 7.27. The Labute approximate surface area is 204 Å². The Morgan fingerprint density at radius 2 is 1.89 bits per heavy atom. The zero-order valence-electron chi connectivity index (χ0n) is 20.6. The third kappa shape index (κ3) is 4.04. The quantitative estimate of drug-likeness (QED) is 0.556. The molecule has 3 heterocycles. The van der Waals surface area contributed by atoms with E-state index in [1.165, 1.54) is 27.2 Å². The number of aryl methyl sites for hydroxylation is 1. The van der Waals surface area contributed by atoms with Crippen molar-refractivity contribution in [3.05, 3.63) is 59.8 Å². The molecule has 0 radical (unpaired) electrons. The van der Waals surface area contributed by atoms with Crippen molar-refractivity contribution in [1.29, 1.82) is 0 Å². The number of hydrogen-bond donors (Lipinski definition) is 1. The monoisotopic (exact) mass is 499 g/mol. The molecule has 0 saturated carbocycles. The van der Waals surface area contributed by atoms with Gasteiger partial charge in [-0.15, -0.1) is 0 Å². The molecular weight excluding hydrogens is 470 g/mol. The summed E-state index contributed by atoms with van der Waals surface area (Å²) in [7, 11) is -2.45. The number of furan rings is 1. The van der Waals surface area contributed by atoms with Crippen LogP contribution in [0.25, 0.3) is 0 Å². The van der Waals surface area contributed by atoms with Gasteiger partial charge in [-0.3, -0.25) is 19.2 Å². The first-order valence-electron chi connectivity index (χ1n) is 11.2. The lowest BCUT2D eigenvalue weighted by Gasteiger charge is -2.43. The Morgan fingerprint density at radius 3 is 2.54 bits per heavy atom. The first-order valence-corrected chi connectivity index (χ1v) is 12.6. The van der Waals surface area contributed by atoms with Gasteiger partial charge in [-0.25, -0.2) is 8.42 Å². The summed E-state index contributed by atoms with van der Waals surface area (Å²) in [5.41, 5.74) is 0.565. The molecule has 1 atom stereocenters. The SMILES string of the molecule is Cc1nn(C(C)C(=O)N2c3ccccc3NC(=O)C2(C)C)c(C)c1S(=O)(=O)N(C)Cc1ccco1. The molecule has 2 aromatic heterocycles. The Kier molecular flexibility index (Phi) is 6.10. The van der Waals surface area contributed by atoms with E-state index in [4.69, 9.17) is 4.42 Å². The summed E-state index contributed by atoms with van der Waals surface area (Å²) in [6.45, 7) is 8.27. The van der Waals surface area contributed by atoms with Crippen LogP contribution in [-0.4, -0.2) is 46.9 Å². The zero-order chi connectivity index (χ0) is 25.7. The van der Waals surface area contributed by atoms with Crippen LogP contribution in [0, 0.1) is 13.8 Å². The highest BCUT2D eigenvalue weighted by atomic mass is 32.2. The van der Waals surface area contributed by atoms with Crippen LogP contribution in [0.4, 0.5) is 11.4 Å². The van der Waals surface area contributed by atoms with Gasteiger partial charge in [0.15, 0.2) is 0 Å². The lowest BCUT2D eigenvalue weighted by atomic mass is 9.95. The number of anilines is 2. The minimum atomic E-state index is -3.92. The molecular formula is C24H29N5O5S. The number of para-hydroxylation sites is 2. The van der Waals surface area contributed by atoms with Gasteiger partial charge >= 0.3 is 0 Å². The summed E-state index contributed by atoms with van der Waals surface area (Å²) in [6.07, 6.45) is 1.48. The number of nitrogens with one attached hydrogen (secondary N) is 1. The highest BCUT2D eigenvalue weighted by Crippen LogP contribution is 2.38. The molecule has 10 nitrogen and oxygen atoms in total. The van der Waals surface area contributed by atoms with Crippen LogP contribution in [0.2, 0.25) is 0 Å². The van der Waals surface area contributed by atoms with Crippen LogP contribution >= 0.6 is 0 Å². The summed E-state index contributed by atoms with van der Waals surface area (Å²) in [4.78, 5) is 28.1. The van der Waals surface area contributed by atoms with E-state index in [1.807, 2.05) is 0 Å². The first-order chi connectivity index (χ1) is 16.4. The van der Waals surface area contributed by atoms with Crippen LogP contribution in [0.3, 0.4) is 0 Å². The number of benzene rings is 1. The van der Waals surface area contributed by atoms with Gasteiger partial charge in [0.1, 0.15) is 22.2 Å². The maximum atomic E-state index is 13.8. The van der Waals surface area contributed by atoms with Crippen LogP contribution in [-0.2, 0) is 26.2 Å². The van der Waals surface area contributed by atoms with Gasteiger partial charge in [-0.05, 0) is 58.9 Å². The van der Waals surface area contributed by atoms with Crippen LogP contribution in [0.1, 0.15) is 44.0 Å². The van der Waals surface area contributed by atoms with Crippen molar-refractivity contribution in [3.63, 3.8) is 0 Å². The molecule has 1 aliphatic heterocycles. The van der Waals surface area contributed by atoms with Crippen LogP contribution < -0.4 is 10.2 Å². The molecule has 3 aromatic rings. The summed E-state index contributed by atoms with van der Waals surface area (Å²) in [6, 6.07) is 9.59. The highest BCUT2D eigenvalue weighted by Gasteiger charge is 2.45. The normalized spacial score (nSPS) is 16.2. The fraction of sp³-hybridized carbons (Fsp3) is 0.375. The number of nitrogens with zero attached hydrogens (tertiary/aromatic N) is 4. The number of carbonyl (C=O) groups excluding carboxylic acids is 2. The lowest BCUT2D eigenvalue weighted by Crippen LogP contribution is -2.59. The van der Waals surface area contributed by atoms with Gasteiger partial charge in [0.2, 0.25) is 15.9 Å². The molecule has 4 rings (SSSR count). The predicted octanol–water partition coefficient (Wildman–Crippen LogP) is 3.24. The van der Waals surface area contributed by atoms with Crippen molar-refractivity contribution < 1.29 is 22.4 Å². The molecule has 0 aliphatic carbocycles. The number of amides is 2. The molecule has 1 aliphatic rings. The standard InChI is InChI=1S/C24H29N5O5S/c1-15-21(35(32,33)27(6)14-18-10-9-13-34-18)16(2)29(26-15)17(3)22(30)28-20-12-8-7-11-19(20)25-23(31)24(28,4)5/h7-13,17H,14H2,1-6H3,(H,25,31). The van der Waals surface area contributed by atoms with E-state index in [1.54, 1.807) is 71.0 Å². The average molecular weight is 500 g/mol.